The molecule has 0 atom stereocenters. The number of likely N-dealkylation sites (tertiary alicyclic amines) is 1. The molecule has 0 radical (unpaired) electrons. The third kappa shape index (κ3) is 3.27. The minimum atomic E-state index is -0.324. The maximum atomic E-state index is 12.6. The smallest absolute Gasteiger partial charge is 0.258 e. The molecule has 1 aromatic heterocycles. The van der Waals surface area contributed by atoms with Crippen LogP contribution in [0, 0.1) is 0 Å². The number of amides is 2. The summed E-state index contributed by atoms with van der Waals surface area (Å²) in [6.07, 6.45) is 3.41. The second-order valence-corrected chi connectivity index (χ2v) is 5.50. The van der Waals surface area contributed by atoms with Gasteiger partial charge in [0.05, 0.1) is 23.4 Å². The van der Waals surface area contributed by atoms with Crippen LogP contribution in [-0.2, 0) is 6.54 Å². The maximum Gasteiger partial charge on any atom is 0.258 e. The van der Waals surface area contributed by atoms with Crippen LogP contribution in [0.25, 0.3) is 0 Å². The van der Waals surface area contributed by atoms with Crippen molar-refractivity contribution in [2.45, 2.75) is 19.4 Å². The van der Waals surface area contributed by atoms with Crippen molar-refractivity contribution in [3.63, 3.8) is 0 Å². The van der Waals surface area contributed by atoms with Crippen LogP contribution >= 0.6 is 0 Å². The maximum absolute atomic E-state index is 12.6. The molecule has 6 heteroatoms. The van der Waals surface area contributed by atoms with Crippen LogP contribution < -0.4 is 11.1 Å². The average molecular weight is 313 g/mol. The summed E-state index contributed by atoms with van der Waals surface area (Å²) in [6.45, 7) is 1.77. The summed E-state index contributed by atoms with van der Waals surface area (Å²) >= 11 is 0. The SMILES string of the molecule is NCc1cc(C(=O)Nc2ccccc2C(=O)N2CCCC2)co1. The zero-order valence-corrected chi connectivity index (χ0v) is 12.7. The molecule has 0 bridgehead atoms. The summed E-state index contributed by atoms with van der Waals surface area (Å²) in [5.41, 5.74) is 6.87. The van der Waals surface area contributed by atoms with Gasteiger partial charge in [-0.05, 0) is 31.0 Å². The van der Waals surface area contributed by atoms with Crippen molar-refractivity contribution in [2.24, 2.45) is 5.73 Å². The Balaban J connectivity index is 1.79. The molecule has 1 aromatic carbocycles. The molecule has 6 nitrogen and oxygen atoms in total. The highest BCUT2D eigenvalue weighted by molar-refractivity contribution is 6.08. The number of anilines is 1. The lowest BCUT2D eigenvalue weighted by Gasteiger charge is -2.17. The van der Waals surface area contributed by atoms with E-state index in [9.17, 15) is 9.59 Å². The van der Waals surface area contributed by atoms with Gasteiger partial charge in [0.1, 0.15) is 12.0 Å². The second kappa shape index (κ2) is 6.66. The van der Waals surface area contributed by atoms with E-state index in [0.29, 0.717) is 22.6 Å². The summed E-state index contributed by atoms with van der Waals surface area (Å²) in [6, 6.07) is 8.64. The normalized spacial score (nSPS) is 14.0. The van der Waals surface area contributed by atoms with Gasteiger partial charge in [0.25, 0.3) is 11.8 Å². The van der Waals surface area contributed by atoms with Crippen LogP contribution in [-0.4, -0.2) is 29.8 Å². The molecule has 120 valence electrons. The summed E-state index contributed by atoms with van der Waals surface area (Å²) in [5.74, 6) is 0.167. The fourth-order valence-electron chi connectivity index (χ4n) is 2.67. The molecule has 1 fully saturated rings. The zero-order chi connectivity index (χ0) is 16.2. The Bertz CT molecular complexity index is 717. The first-order valence-electron chi connectivity index (χ1n) is 7.66. The van der Waals surface area contributed by atoms with Crippen molar-refractivity contribution < 1.29 is 14.0 Å². The summed E-state index contributed by atoms with van der Waals surface area (Å²) in [7, 11) is 0. The molecule has 1 aliphatic heterocycles. The summed E-state index contributed by atoms with van der Waals surface area (Å²) in [4.78, 5) is 26.7. The monoisotopic (exact) mass is 313 g/mol. The molecule has 3 N–H and O–H groups in total. The Labute approximate surface area is 134 Å². The highest BCUT2D eigenvalue weighted by atomic mass is 16.3. The van der Waals surface area contributed by atoms with Crippen LogP contribution in [0.4, 0.5) is 5.69 Å². The molecule has 0 spiro atoms. The number of nitrogens with zero attached hydrogens (tertiary/aromatic N) is 1. The Hall–Kier alpha value is -2.60. The quantitative estimate of drug-likeness (QED) is 0.906. The van der Waals surface area contributed by atoms with Crippen LogP contribution in [0.15, 0.2) is 41.0 Å². The molecule has 2 heterocycles. The lowest BCUT2D eigenvalue weighted by molar-refractivity contribution is 0.0794. The van der Waals surface area contributed by atoms with Crippen LogP contribution in [0.3, 0.4) is 0 Å². The van der Waals surface area contributed by atoms with Crippen molar-refractivity contribution in [2.75, 3.05) is 18.4 Å². The van der Waals surface area contributed by atoms with Gasteiger partial charge in [0.2, 0.25) is 0 Å². The lowest BCUT2D eigenvalue weighted by Crippen LogP contribution is -2.28. The van der Waals surface area contributed by atoms with Crippen molar-refractivity contribution in [3.8, 4) is 0 Å². The third-order valence-corrected chi connectivity index (χ3v) is 3.92. The standard InChI is InChI=1S/C17H19N3O3/c18-10-13-9-12(11-23-13)16(21)19-15-6-2-1-5-14(15)17(22)20-7-3-4-8-20/h1-2,5-6,9,11H,3-4,7-8,10,18H2,(H,19,21). The van der Waals surface area contributed by atoms with E-state index in [1.54, 1.807) is 30.3 Å². The molecule has 0 aliphatic carbocycles. The van der Waals surface area contributed by atoms with Crippen molar-refractivity contribution >= 4 is 17.5 Å². The van der Waals surface area contributed by atoms with Gasteiger partial charge in [-0.25, -0.2) is 0 Å². The van der Waals surface area contributed by atoms with Gasteiger partial charge < -0.3 is 20.4 Å². The van der Waals surface area contributed by atoms with Gasteiger partial charge in [0.15, 0.2) is 0 Å². The highest BCUT2D eigenvalue weighted by Crippen LogP contribution is 2.21. The van der Waals surface area contributed by atoms with Crippen molar-refractivity contribution in [1.29, 1.82) is 0 Å². The van der Waals surface area contributed by atoms with E-state index in [4.69, 9.17) is 10.2 Å². The number of para-hydroxylation sites is 1. The summed E-state index contributed by atoms with van der Waals surface area (Å²) < 4.78 is 5.17. The predicted molar refractivity (Wildman–Crippen MR) is 86.1 cm³/mol. The number of hydrogen-bond acceptors (Lipinski definition) is 4. The molecule has 23 heavy (non-hydrogen) atoms. The first-order chi connectivity index (χ1) is 11.2. The first-order valence-corrected chi connectivity index (χ1v) is 7.66. The van der Waals surface area contributed by atoms with Gasteiger partial charge >= 0.3 is 0 Å². The van der Waals surface area contributed by atoms with E-state index in [-0.39, 0.29) is 18.4 Å². The van der Waals surface area contributed by atoms with E-state index in [1.807, 2.05) is 4.90 Å². The van der Waals surface area contributed by atoms with Gasteiger partial charge in [0, 0.05) is 13.1 Å². The van der Waals surface area contributed by atoms with Crippen LogP contribution in [0.1, 0.15) is 39.3 Å². The predicted octanol–water partition coefficient (Wildman–Crippen LogP) is 2.23. The minimum absolute atomic E-state index is 0.0479. The zero-order valence-electron chi connectivity index (χ0n) is 12.7. The fraction of sp³-hybridized carbons (Fsp3) is 0.294. The number of nitrogens with two attached hydrogens (primary N) is 1. The molecule has 1 aliphatic rings. The number of benzene rings is 1. The Morgan fingerprint density at radius 1 is 1.22 bits per heavy atom. The number of hydrogen-bond donors (Lipinski definition) is 2. The van der Waals surface area contributed by atoms with E-state index >= 15 is 0 Å². The van der Waals surface area contributed by atoms with Gasteiger partial charge in [-0.1, -0.05) is 12.1 Å². The fourth-order valence-corrected chi connectivity index (χ4v) is 2.67. The second-order valence-electron chi connectivity index (χ2n) is 5.50. The van der Waals surface area contributed by atoms with Gasteiger partial charge in [-0.2, -0.15) is 0 Å². The Kier molecular flexibility index (Phi) is 4.43. The van der Waals surface area contributed by atoms with Crippen molar-refractivity contribution in [3.05, 3.63) is 53.5 Å². The number of carbonyl (C=O) groups excluding carboxylic acids is 2. The van der Waals surface area contributed by atoms with Gasteiger partial charge in [-0.15, -0.1) is 0 Å². The van der Waals surface area contributed by atoms with E-state index < -0.39 is 0 Å². The largest absolute Gasteiger partial charge is 0.467 e. The number of rotatable bonds is 4. The third-order valence-electron chi connectivity index (χ3n) is 3.92. The van der Waals surface area contributed by atoms with Crippen LogP contribution in [0.2, 0.25) is 0 Å². The van der Waals surface area contributed by atoms with Gasteiger partial charge in [-0.3, -0.25) is 9.59 Å². The van der Waals surface area contributed by atoms with Crippen LogP contribution in [0.5, 0.6) is 0 Å². The van der Waals surface area contributed by atoms with Crippen molar-refractivity contribution in [1.82, 2.24) is 4.90 Å². The summed E-state index contributed by atoms with van der Waals surface area (Å²) in [5, 5.41) is 2.78. The molecule has 3 rings (SSSR count). The molecular formula is C17H19N3O3. The molecule has 1 saturated heterocycles. The van der Waals surface area contributed by atoms with E-state index in [0.717, 1.165) is 25.9 Å². The molecular weight excluding hydrogens is 294 g/mol. The van der Waals surface area contributed by atoms with E-state index in [1.165, 1.54) is 6.26 Å². The Morgan fingerprint density at radius 3 is 2.65 bits per heavy atom. The molecule has 2 amide bonds. The number of carbonyl (C=O) groups is 2. The molecule has 0 unspecified atom stereocenters. The number of nitrogens with one attached hydrogen (secondary N) is 1. The lowest BCUT2D eigenvalue weighted by atomic mass is 10.1. The highest BCUT2D eigenvalue weighted by Gasteiger charge is 2.22. The van der Waals surface area contributed by atoms with E-state index in [2.05, 4.69) is 5.32 Å². The molecule has 2 aromatic rings. The average Bonchev–Trinajstić information content (AvgIpc) is 3.26. The molecule has 0 saturated carbocycles. The minimum Gasteiger partial charge on any atom is -0.467 e. The topological polar surface area (TPSA) is 88.6 Å². The Morgan fingerprint density at radius 2 is 1.96 bits per heavy atom. The first kappa shape index (κ1) is 15.3. The number of furan rings is 1.